The fraction of sp³-hybridized carbons (Fsp3) is 0.200. The van der Waals surface area contributed by atoms with Crippen LogP contribution >= 0.6 is 15.9 Å². The molecule has 2 aromatic rings. The minimum Gasteiger partial charge on any atom is -0.481 e. The van der Waals surface area contributed by atoms with Gasteiger partial charge in [0.05, 0.1) is 5.52 Å². The van der Waals surface area contributed by atoms with Crippen molar-refractivity contribution in [1.82, 2.24) is 9.38 Å². The van der Waals surface area contributed by atoms with Gasteiger partial charge >= 0.3 is 5.97 Å². The largest absolute Gasteiger partial charge is 0.481 e. The number of hydrogen-bond donors (Lipinski definition) is 1. The molecule has 0 saturated carbocycles. The average molecular weight is 269 g/mol. The standard InChI is InChI=1S/C10H9BrN2O2/c1-6-3-2-4-7-10(11)12-8(13(6)7)5-9(14)15/h2-4H,5H2,1H3,(H,14,15). The number of aliphatic carboxylic acids is 1. The number of rotatable bonds is 2. The van der Waals surface area contributed by atoms with Gasteiger partial charge in [0, 0.05) is 5.69 Å². The number of aryl methyl sites for hydroxylation is 1. The van der Waals surface area contributed by atoms with Gasteiger partial charge in [-0.15, -0.1) is 0 Å². The Labute approximate surface area is 94.7 Å². The molecule has 5 heteroatoms. The molecule has 0 unspecified atom stereocenters. The normalized spacial score (nSPS) is 10.8. The van der Waals surface area contributed by atoms with Gasteiger partial charge < -0.3 is 5.11 Å². The molecule has 2 aromatic heterocycles. The first kappa shape index (κ1) is 10.2. The van der Waals surface area contributed by atoms with Crippen LogP contribution in [0.5, 0.6) is 0 Å². The lowest BCUT2D eigenvalue weighted by molar-refractivity contribution is -0.136. The molecule has 2 rings (SSSR count). The number of aromatic nitrogens is 2. The van der Waals surface area contributed by atoms with E-state index < -0.39 is 5.97 Å². The van der Waals surface area contributed by atoms with Crippen LogP contribution in [0.3, 0.4) is 0 Å². The van der Waals surface area contributed by atoms with E-state index in [1.165, 1.54) is 0 Å². The maximum atomic E-state index is 10.7. The summed E-state index contributed by atoms with van der Waals surface area (Å²) in [6, 6.07) is 5.74. The molecule has 0 spiro atoms. The Bertz CT molecular complexity index is 533. The van der Waals surface area contributed by atoms with E-state index in [-0.39, 0.29) is 6.42 Å². The van der Waals surface area contributed by atoms with E-state index in [2.05, 4.69) is 20.9 Å². The Morgan fingerprint density at radius 2 is 2.33 bits per heavy atom. The number of halogens is 1. The maximum Gasteiger partial charge on any atom is 0.311 e. The third-order valence-corrected chi connectivity index (χ3v) is 2.77. The number of pyridine rings is 1. The van der Waals surface area contributed by atoms with Gasteiger partial charge in [-0.05, 0) is 35.0 Å². The fourth-order valence-electron chi connectivity index (χ4n) is 1.60. The molecule has 78 valence electrons. The van der Waals surface area contributed by atoms with E-state index in [0.29, 0.717) is 10.4 Å². The zero-order valence-corrected chi connectivity index (χ0v) is 9.65. The third-order valence-electron chi connectivity index (χ3n) is 2.19. The molecular weight excluding hydrogens is 260 g/mol. The van der Waals surface area contributed by atoms with Gasteiger partial charge in [0.15, 0.2) is 0 Å². The van der Waals surface area contributed by atoms with Gasteiger partial charge in [-0.3, -0.25) is 9.20 Å². The molecule has 0 aliphatic rings. The second kappa shape index (κ2) is 3.66. The first-order valence-electron chi connectivity index (χ1n) is 4.44. The first-order chi connectivity index (χ1) is 7.09. The second-order valence-electron chi connectivity index (χ2n) is 3.28. The highest BCUT2D eigenvalue weighted by molar-refractivity contribution is 9.10. The first-order valence-corrected chi connectivity index (χ1v) is 5.23. The third kappa shape index (κ3) is 1.74. The Hall–Kier alpha value is -1.36. The molecule has 15 heavy (non-hydrogen) atoms. The highest BCUT2D eigenvalue weighted by Crippen LogP contribution is 2.20. The number of fused-ring (bicyclic) bond motifs is 1. The van der Waals surface area contributed by atoms with Crippen LogP contribution in [0.1, 0.15) is 11.5 Å². The van der Waals surface area contributed by atoms with E-state index in [1.807, 2.05) is 29.5 Å². The smallest absolute Gasteiger partial charge is 0.311 e. The van der Waals surface area contributed by atoms with Crippen molar-refractivity contribution in [2.45, 2.75) is 13.3 Å². The molecule has 0 saturated heterocycles. The van der Waals surface area contributed by atoms with Gasteiger partial charge in [-0.2, -0.15) is 0 Å². The predicted molar refractivity (Wildman–Crippen MR) is 59.0 cm³/mol. The summed E-state index contributed by atoms with van der Waals surface area (Å²) >= 11 is 3.32. The van der Waals surface area contributed by atoms with Crippen molar-refractivity contribution < 1.29 is 9.90 Å². The molecule has 0 atom stereocenters. The Morgan fingerprint density at radius 1 is 1.60 bits per heavy atom. The van der Waals surface area contributed by atoms with Crippen molar-refractivity contribution in [3.63, 3.8) is 0 Å². The van der Waals surface area contributed by atoms with Crippen LogP contribution in [0, 0.1) is 6.92 Å². The molecule has 0 aromatic carbocycles. The topological polar surface area (TPSA) is 54.6 Å². The summed E-state index contributed by atoms with van der Waals surface area (Å²) in [5, 5.41) is 8.76. The summed E-state index contributed by atoms with van der Waals surface area (Å²) in [6.45, 7) is 1.92. The SMILES string of the molecule is Cc1cccc2c(Br)nc(CC(=O)O)n12. The quantitative estimate of drug-likeness (QED) is 0.907. The van der Waals surface area contributed by atoms with Gasteiger partial charge in [0.2, 0.25) is 0 Å². The Balaban J connectivity index is 2.70. The average Bonchev–Trinajstić information content (AvgIpc) is 2.44. The van der Waals surface area contributed by atoms with E-state index in [4.69, 9.17) is 5.11 Å². The Morgan fingerprint density at radius 3 is 3.00 bits per heavy atom. The molecule has 0 radical (unpaired) electrons. The summed E-state index contributed by atoms with van der Waals surface area (Å²) in [7, 11) is 0. The van der Waals surface area contributed by atoms with Crippen molar-refractivity contribution in [3.8, 4) is 0 Å². The summed E-state index contributed by atoms with van der Waals surface area (Å²) < 4.78 is 2.53. The Kier molecular flexibility index (Phi) is 2.48. The van der Waals surface area contributed by atoms with E-state index in [1.54, 1.807) is 0 Å². The molecule has 0 aliphatic carbocycles. The van der Waals surface area contributed by atoms with E-state index in [0.717, 1.165) is 11.2 Å². The molecule has 0 fully saturated rings. The van der Waals surface area contributed by atoms with Crippen LogP contribution < -0.4 is 0 Å². The second-order valence-corrected chi connectivity index (χ2v) is 4.03. The van der Waals surface area contributed by atoms with Crippen molar-refractivity contribution in [1.29, 1.82) is 0 Å². The molecule has 2 heterocycles. The van der Waals surface area contributed by atoms with Crippen LogP contribution in [0.15, 0.2) is 22.8 Å². The van der Waals surface area contributed by atoms with Gasteiger partial charge in [-0.25, -0.2) is 4.98 Å². The summed E-state index contributed by atoms with van der Waals surface area (Å²) in [5.74, 6) is -0.333. The zero-order chi connectivity index (χ0) is 11.0. The molecule has 0 bridgehead atoms. The van der Waals surface area contributed by atoms with Gasteiger partial charge in [0.25, 0.3) is 0 Å². The molecule has 1 N–H and O–H groups in total. The highest BCUT2D eigenvalue weighted by Gasteiger charge is 2.12. The summed E-state index contributed by atoms with van der Waals surface area (Å²) in [5.41, 5.74) is 1.87. The number of hydrogen-bond acceptors (Lipinski definition) is 2. The van der Waals surface area contributed by atoms with Crippen LogP contribution in [-0.2, 0) is 11.2 Å². The molecule has 0 amide bonds. The summed E-state index contributed by atoms with van der Waals surface area (Å²) in [4.78, 5) is 14.9. The van der Waals surface area contributed by atoms with Gasteiger partial charge in [-0.1, -0.05) is 6.07 Å². The number of carboxylic acid groups (broad SMARTS) is 1. The van der Waals surface area contributed by atoms with Crippen molar-refractivity contribution in [3.05, 3.63) is 34.3 Å². The lowest BCUT2D eigenvalue weighted by Gasteiger charge is -2.02. The zero-order valence-electron chi connectivity index (χ0n) is 8.07. The van der Waals surface area contributed by atoms with Crippen LogP contribution in [0.2, 0.25) is 0 Å². The number of nitrogens with zero attached hydrogens (tertiary/aromatic N) is 2. The molecular formula is C10H9BrN2O2. The van der Waals surface area contributed by atoms with Crippen LogP contribution in [0.25, 0.3) is 5.52 Å². The number of carbonyl (C=O) groups is 1. The van der Waals surface area contributed by atoms with Crippen molar-refractivity contribution >= 4 is 27.4 Å². The summed E-state index contributed by atoms with van der Waals surface area (Å²) in [6.07, 6.45) is -0.0718. The van der Waals surface area contributed by atoms with Crippen LogP contribution in [0.4, 0.5) is 0 Å². The minimum absolute atomic E-state index is 0.0718. The lowest BCUT2D eigenvalue weighted by Crippen LogP contribution is -2.06. The maximum absolute atomic E-state index is 10.7. The minimum atomic E-state index is -0.877. The highest BCUT2D eigenvalue weighted by atomic mass is 79.9. The fourth-order valence-corrected chi connectivity index (χ4v) is 2.11. The van der Waals surface area contributed by atoms with Gasteiger partial charge in [0.1, 0.15) is 16.8 Å². The van der Waals surface area contributed by atoms with Crippen molar-refractivity contribution in [2.24, 2.45) is 0 Å². The lowest BCUT2D eigenvalue weighted by atomic mass is 10.3. The predicted octanol–water partition coefficient (Wildman–Crippen LogP) is 2.03. The van der Waals surface area contributed by atoms with Crippen molar-refractivity contribution in [2.75, 3.05) is 0 Å². The van der Waals surface area contributed by atoms with E-state index in [9.17, 15) is 4.79 Å². The number of imidazole rings is 1. The molecule has 4 nitrogen and oxygen atoms in total. The van der Waals surface area contributed by atoms with Crippen LogP contribution in [-0.4, -0.2) is 20.5 Å². The monoisotopic (exact) mass is 268 g/mol. The number of carboxylic acids is 1. The van der Waals surface area contributed by atoms with E-state index >= 15 is 0 Å². The molecule has 0 aliphatic heterocycles.